The van der Waals surface area contributed by atoms with Crippen LogP contribution in [-0.4, -0.2) is 31.6 Å². The zero-order valence-corrected chi connectivity index (χ0v) is 14.8. The van der Waals surface area contributed by atoms with Gasteiger partial charge >= 0.3 is 0 Å². The summed E-state index contributed by atoms with van der Waals surface area (Å²) in [6.45, 7) is 2.35. The summed E-state index contributed by atoms with van der Waals surface area (Å²) in [4.78, 5) is 18.2. The molecule has 5 nitrogen and oxygen atoms in total. The van der Waals surface area contributed by atoms with Crippen molar-refractivity contribution in [1.82, 2.24) is 4.98 Å². The molecule has 1 fully saturated rings. The second-order valence-corrected chi connectivity index (χ2v) is 9.27. The molecule has 3 rings (SSSR count). The molecule has 1 amide bonds. The van der Waals surface area contributed by atoms with Crippen molar-refractivity contribution in [1.29, 1.82) is 0 Å². The lowest BCUT2D eigenvalue weighted by Crippen LogP contribution is -2.25. The van der Waals surface area contributed by atoms with E-state index in [9.17, 15) is 13.2 Å². The van der Waals surface area contributed by atoms with E-state index in [-0.39, 0.29) is 24.0 Å². The Labute approximate surface area is 143 Å². The smallest absolute Gasteiger partial charge is 0.232 e. The zero-order chi connectivity index (χ0) is 16.6. The summed E-state index contributed by atoms with van der Waals surface area (Å²) >= 11 is 1.39. The van der Waals surface area contributed by atoms with E-state index in [2.05, 4.69) is 4.98 Å². The largest absolute Gasteiger partial charge is 0.288 e. The van der Waals surface area contributed by atoms with E-state index in [1.807, 2.05) is 36.6 Å². The summed E-state index contributed by atoms with van der Waals surface area (Å²) in [5.41, 5.74) is 2.97. The van der Waals surface area contributed by atoms with Crippen molar-refractivity contribution in [3.8, 4) is 11.3 Å². The minimum atomic E-state index is -3.60. The molecule has 1 aromatic carbocycles. The van der Waals surface area contributed by atoms with E-state index in [0.717, 1.165) is 16.8 Å². The lowest BCUT2D eigenvalue weighted by Gasteiger charge is -2.12. The number of hydrogen-bond acceptors (Lipinski definition) is 5. The van der Waals surface area contributed by atoms with E-state index in [1.165, 1.54) is 11.3 Å². The number of aromatic nitrogens is 1. The molecule has 0 saturated carbocycles. The minimum Gasteiger partial charge on any atom is -0.288 e. The topological polar surface area (TPSA) is 67.3 Å². The zero-order valence-electron chi connectivity index (χ0n) is 12.4. The number of halogens is 1. The average Bonchev–Trinajstić information content (AvgIpc) is 3.04. The number of nitrogens with zero attached hydrogens (tertiary/aromatic N) is 2. The van der Waals surface area contributed by atoms with Gasteiger partial charge in [0.1, 0.15) is 0 Å². The molecule has 1 aliphatic heterocycles. The van der Waals surface area contributed by atoms with Crippen LogP contribution < -0.4 is 4.90 Å². The van der Waals surface area contributed by atoms with Crippen molar-refractivity contribution in [2.45, 2.75) is 13.3 Å². The highest BCUT2D eigenvalue weighted by molar-refractivity contribution is 8.13. The van der Waals surface area contributed by atoms with Gasteiger partial charge in [-0.1, -0.05) is 24.3 Å². The molecule has 0 radical (unpaired) electrons. The number of benzene rings is 1. The molecule has 0 spiro atoms. The lowest BCUT2D eigenvalue weighted by atomic mass is 10.1. The second kappa shape index (κ2) is 6.22. The van der Waals surface area contributed by atoms with Crippen LogP contribution in [0.2, 0.25) is 0 Å². The molecular formula is C15H15ClN2O3S2. The van der Waals surface area contributed by atoms with E-state index < -0.39 is 9.05 Å². The first kappa shape index (κ1) is 16.4. The van der Waals surface area contributed by atoms with Crippen molar-refractivity contribution >= 4 is 42.1 Å². The SMILES string of the molecule is Cc1ccccc1-c1csc(N2CC(CS(=O)(=O)Cl)CC2=O)n1. The highest BCUT2D eigenvalue weighted by Crippen LogP contribution is 2.33. The molecular weight excluding hydrogens is 356 g/mol. The van der Waals surface area contributed by atoms with Gasteiger partial charge in [-0.05, 0) is 12.5 Å². The Morgan fingerprint density at radius 3 is 2.83 bits per heavy atom. The molecule has 1 atom stereocenters. The van der Waals surface area contributed by atoms with Crippen molar-refractivity contribution in [2.75, 3.05) is 17.2 Å². The van der Waals surface area contributed by atoms with E-state index in [0.29, 0.717) is 11.7 Å². The number of hydrogen-bond donors (Lipinski definition) is 0. The standard InChI is InChI=1S/C15H15ClN2O3S2/c1-10-4-2-3-5-12(10)13-8-22-15(17-13)18-7-11(6-14(18)19)9-23(16,20)21/h2-5,8,11H,6-7,9H2,1H3. The Morgan fingerprint density at radius 2 is 2.13 bits per heavy atom. The Bertz CT molecular complexity index is 848. The summed E-state index contributed by atoms with van der Waals surface area (Å²) in [5.74, 6) is -0.580. The van der Waals surface area contributed by atoms with Crippen LogP contribution in [0.5, 0.6) is 0 Å². The summed E-state index contributed by atoms with van der Waals surface area (Å²) in [5, 5.41) is 2.51. The maximum Gasteiger partial charge on any atom is 0.232 e. The van der Waals surface area contributed by atoms with Gasteiger partial charge in [-0.25, -0.2) is 13.4 Å². The van der Waals surface area contributed by atoms with Gasteiger partial charge in [0, 0.05) is 40.5 Å². The Kier molecular flexibility index (Phi) is 4.44. The second-order valence-electron chi connectivity index (χ2n) is 5.61. The summed E-state index contributed by atoms with van der Waals surface area (Å²) in [6, 6.07) is 7.91. The van der Waals surface area contributed by atoms with Crippen molar-refractivity contribution in [3.05, 3.63) is 35.2 Å². The summed E-state index contributed by atoms with van der Waals surface area (Å²) in [7, 11) is 1.68. The van der Waals surface area contributed by atoms with Gasteiger partial charge in [0.2, 0.25) is 15.0 Å². The first-order valence-corrected chi connectivity index (χ1v) is 10.4. The third-order valence-corrected chi connectivity index (χ3v) is 5.90. The van der Waals surface area contributed by atoms with Crippen molar-refractivity contribution < 1.29 is 13.2 Å². The lowest BCUT2D eigenvalue weighted by molar-refractivity contribution is -0.117. The van der Waals surface area contributed by atoms with Crippen LogP contribution in [-0.2, 0) is 13.8 Å². The maximum atomic E-state index is 12.1. The quantitative estimate of drug-likeness (QED) is 0.776. The molecule has 2 heterocycles. The molecule has 8 heteroatoms. The number of aryl methyl sites for hydroxylation is 1. The third kappa shape index (κ3) is 3.73. The molecule has 0 bridgehead atoms. The Hall–Kier alpha value is -1.44. The van der Waals surface area contributed by atoms with Crippen LogP contribution in [0.25, 0.3) is 11.3 Å². The molecule has 1 saturated heterocycles. The van der Waals surface area contributed by atoms with Crippen LogP contribution in [0.3, 0.4) is 0 Å². The Balaban J connectivity index is 1.81. The highest BCUT2D eigenvalue weighted by atomic mass is 35.7. The summed E-state index contributed by atoms with van der Waals surface area (Å²) < 4.78 is 22.4. The Morgan fingerprint density at radius 1 is 1.39 bits per heavy atom. The van der Waals surface area contributed by atoms with Crippen LogP contribution in [0, 0.1) is 12.8 Å². The molecule has 1 aliphatic rings. The molecule has 23 heavy (non-hydrogen) atoms. The molecule has 0 aliphatic carbocycles. The van der Waals surface area contributed by atoms with Crippen LogP contribution in [0.1, 0.15) is 12.0 Å². The van der Waals surface area contributed by atoms with Crippen LogP contribution >= 0.6 is 22.0 Å². The fraction of sp³-hybridized carbons (Fsp3) is 0.333. The normalized spacial score (nSPS) is 18.6. The predicted octanol–water partition coefficient (Wildman–Crippen LogP) is 3.04. The van der Waals surface area contributed by atoms with E-state index in [4.69, 9.17) is 10.7 Å². The number of thiazole rings is 1. The number of carbonyl (C=O) groups excluding carboxylic acids is 1. The molecule has 1 aromatic heterocycles. The first-order valence-electron chi connectivity index (χ1n) is 7.08. The number of anilines is 1. The first-order chi connectivity index (χ1) is 10.8. The van der Waals surface area contributed by atoms with Crippen LogP contribution in [0.15, 0.2) is 29.6 Å². The minimum absolute atomic E-state index is 0.110. The van der Waals surface area contributed by atoms with Gasteiger partial charge in [0.25, 0.3) is 0 Å². The van der Waals surface area contributed by atoms with Gasteiger partial charge in [0.05, 0.1) is 11.4 Å². The molecule has 122 valence electrons. The maximum absolute atomic E-state index is 12.1. The summed E-state index contributed by atoms with van der Waals surface area (Å²) in [6.07, 6.45) is 0.186. The molecule has 1 unspecified atom stereocenters. The number of carbonyl (C=O) groups is 1. The van der Waals surface area contributed by atoms with Gasteiger partial charge in [-0.15, -0.1) is 11.3 Å². The van der Waals surface area contributed by atoms with E-state index >= 15 is 0 Å². The monoisotopic (exact) mass is 370 g/mol. The molecule has 0 N–H and O–H groups in total. The van der Waals surface area contributed by atoms with Crippen molar-refractivity contribution in [3.63, 3.8) is 0 Å². The van der Waals surface area contributed by atoms with Gasteiger partial charge in [-0.2, -0.15) is 0 Å². The number of rotatable bonds is 4. The predicted molar refractivity (Wildman–Crippen MR) is 92.4 cm³/mol. The highest BCUT2D eigenvalue weighted by Gasteiger charge is 2.34. The molecule has 2 aromatic rings. The van der Waals surface area contributed by atoms with Gasteiger partial charge < -0.3 is 0 Å². The third-order valence-electron chi connectivity index (χ3n) is 3.78. The number of amides is 1. The van der Waals surface area contributed by atoms with Gasteiger partial charge in [0.15, 0.2) is 5.13 Å². The van der Waals surface area contributed by atoms with Crippen molar-refractivity contribution in [2.24, 2.45) is 5.92 Å². The van der Waals surface area contributed by atoms with Crippen LogP contribution in [0.4, 0.5) is 5.13 Å². The average molecular weight is 371 g/mol. The van der Waals surface area contributed by atoms with Gasteiger partial charge in [-0.3, -0.25) is 9.69 Å². The fourth-order valence-corrected chi connectivity index (χ4v) is 4.90. The fourth-order valence-electron chi connectivity index (χ4n) is 2.73. The van der Waals surface area contributed by atoms with E-state index in [1.54, 1.807) is 4.90 Å².